The van der Waals surface area contributed by atoms with Crippen molar-refractivity contribution in [3.63, 3.8) is 0 Å². The highest BCUT2D eigenvalue weighted by molar-refractivity contribution is 7.13. The standard InChI is InChI=1S/C16H18FN3O2S/c1-9(2)13(15(22)20-16-18-10(3)8-23-16)19-14(21)11-4-6-12(17)7-5-11/h4-9,13H,1-3H3,(H,19,21)(H,18,20,22). The second-order valence-electron chi connectivity index (χ2n) is 5.49. The Balaban J connectivity index is 2.07. The number of aromatic nitrogens is 1. The monoisotopic (exact) mass is 335 g/mol. The maximum Gasteiger partial charge on any atom is 0.251 e. The fourth-order valence-corrected chi connectivity index (χ4v) is 2.65. The number of amides is 2. The molecule has 0 aliphatic rings. The molecule has 1 heterocycles. The van der Waals surface area contributed by atoms with Crippen molar-refractivity contribution in [2.45, 2.75) is 26.8 Å². The topological polar surface area (TPSA) is 71.1 Å². The molecule has 0 aliphatic carbocycles. The van der Waals surface area contributed by atoms with Crippen LogP contribution < -0.4 is 10.6 Å². The fourth-order valence-electron chi connectivity index (χ4n) is 1.96. The molecular weight excluding hydrogens is 317 g/mol. The predicted octanol–water partition coefficient (Wildman–Crippen LogP) is 2.98. The maximum atomic E-state index is 12.9. The minimum absolute atomic E-state index is 0.111. The van der Waals surface area contributed by atoms with Gasteiger partial charge in [-0.3, -0.25) is 9.59 Å². The second-order valence-corrected chi connectivity index (χ2v) is 6.34. The van der Waals surface area contributed by atoms with Gasteiger partial charge >= 0.3 is 0 Å². The number of rotatable bonds is 5. The minimum atomic E-state index is -0.711. The summed E-state index contributed by atoms with van der Waals surface area (Å²) in [5, 5.41) is 7.71. The first-order chi connectivity index (χ1) is 10.9. The van der Waals surface area contributed by atoms with Crippen LogP contribution in [0.1, 0.15) is 29.9 Å². The molecule has 23 heavy (non-hydrogen) atoms. The van der Waals surface area contributed by atoms with E-state index in [9.17, 15) is 14.0 Å². The van der Waals surface area contributed by atoms with E-state index >= 15 is 0 Å². The molecule has 2 rings (SSSR count). The van der Waals surface area contributed by atoms with Gasteiger partial charge in [0, 0.05) is 10.9 Å². The number of aryl methyl sites for hydroxylation is 1. The number of nitrogens with zero attached hydrogens (tertiary/aromatic N) is 1. The van der Waals surface area contributed by atoms with Crippen molar-refractivity contribution in [3.05, 3.63) is 46.7 Å². The first-order valence-electron chi connectivity index (χ1n) is 7.16. The molecule has 122 valence electrons. The van der Waals surface area contributed by atoms with Crippen LogP contribution in [-0.4, -0.2) is 22.8 Å². The molecule has 2 amide bonds. The number of hydrogen-bond donors (Lipinski definition) is 2. The summed E-state index contributed by atoms with van der Waals surface area (Å²) in [6.45, 7) is 5.51. The number of benzene rings is 1. The molecule has 2 aromatic rings. The molecule has 7 heteroatoms. The Labute approximate surface area is 137 Å². The van der Waals surface area contributed by atoms with E-state index in [1.54, 1.807) is 0 Å². The third-order valence-corrected chi connectivity index (χ3v) is 4.07. The Morgan fingerprint density at radius 1 is 1.22 bits per heavy atom. The molecule has 0 saturated heterocycles. The van der Waals surface area contributed by atoms with Gasteiger partial charge in [-0.15, -0.1) is 11.3 Å². The molecule has 0 spiro atoms. The maximum absolute atomic E-state index is 12.9. The molecule has 0 saturated carbocycles. The molecule has 0 fully saturated rings. The summed E-state index contributed by atoms with van der Waals surface area (Å²) >= 11 is 1.33. The summed E-state index contributed by atoms with van der Waals surface area (Å²) < 4.78 is 12.9. The van der Waals surface area contributed by atoms with E-state index in [2.05, 4.69) is 15.6 Å². The number of hydrogen-bond acceptors (Lipinski definition) is 4. The van der Waals surface area contributed by atoms with Crippen molar-refractivity contribution in [1.29, 1.82) is 0 Å². The van der Waals surface area contributed by atoms with Crippen molar-refractivity contribution in [1.82, 2.24) is 10.3 Å². The lowest BCUT2D eigenvalue weighted by Gasteiger charge is -2.21. The first-order valence-corrected chi connectivity index (χ1v) is 8.04. The summed E-state index contributed by atoms with van der Waals surface area (Å²) in [7, 11) is 0. The Kier molecular flexibility index (Phi) is 5.44. The van der Waals surface area contributed by atoms with Gasteiger partial charge in [0.1, 0.15) is 11.9 Å². The normalized spacial score (nSPS) is 12.0. The fraction of sp³-hybridized carbons (Fsp3) is 0.312. The van der Waals surface area contributed by atoms with Crippen LogP contribution in [0.2, 0.25) is 0 Å². The number of thiazole rings is 1. The summed E-state index contributed by atoms with van der Waals surface area (Å²) in [5.41, 5.74) is 1.12. The molecule has 1 unspecified atom stereocenters. The highest BCUT2D eigenvalue weighted by Crippen LogP contribution is 2.16. The zero-order valence-corrected chi connectivity index (χ0v) is 13.9. The number of anilines is 1. The zero-order valence-electron chi connectivity index (χ0n) is 13.1. The minimum Gasteiger partial charge on any atom is -0.340 e. The van der Waals surface area contributed by atoms with E-state index in [4.69, 9.17) is 0 Å². The van der Waals surface area contributed by atoms with Crippen molar-refractivity contribution in [2.24, 2.45) is 5.92 Å². The average molecular weight is 335 g/mol. The largest absolute Gasteiger partial charge is 0.340 e. The van der Waals surface area contributed by atoms with E-state index in [-0.39, 0.29) is 11.8 Å². The Morgan fingerprint density at radius 2 is 1.87 bits per heavy atom. The predicted molar refractivity (Wildman–Crippen MR) is 88.0 cm³/mol. The first kappa shape index (κ1) is 17.1. The lowest BCUT2D eigenvalue weighted by atomic mass is 10.0. The Hall–Kier alpha value is -2.28. The third-order valence-electron chi connectivity index (χ3n) is 3.19. The van der Waals surface area contributed by atoms with Crippen molar-refractivity contribution >= 4 is 28.3 Å². The van der Waals surface area contributed by atoms with Gasteiger partial charge in [-0.25, -0.2) is 9.37 Å². The van der Waals surface area contributed by atoms with Crippen molar-refractivity contribution in [3.8, 4) is 0 Å². The van der Waals surface area contributed by atoms with E-state index in [0.717, 1.165) is 5.69 Å². The van der Waals surface area contributed by atoms with Crippen LogP contribution in [0.15, 0.2) is 29.6 Å². The molecule has 5 nitrogen and oxygen atoms in total. The lowest BCUT2D eigenvalue weighted by Crippen LogP contribution is -2.47. The highest BCUT2D eigenvalue weighted by atomic mass is 32.1. The number of carbonyl (C=O) groups is 2. The van der Waals surface area contributed by atoms with Gasteiger partial charge in [-0.2, -0.15) is 0 Å². The molecule has 0 bridgehead atoms. The molecule has 0 radical (unpaired) electrons. The van der Waals surface area contributed by atoms with Crippen LogP contribution in [0, 0.1) is 18.7 Å². The van der Waals surface area contributed by atoms with Crippen LogP contribution in [0.25, 0.3) is 0 Å². The van der Waals surface area contributed by atoms with E-state index in [0.29, 0.717) is 10.7 Å². The Morgan fingerprint density at radius 3 is 2.39 bits per heavy atom. The number of halogens is 1. The molecule has 0 aliphatic heterocycles. The molecule has 1 atom stereocenters. The van der Waals surface area contributed by atoms with Gasteiger partial charge in [0.25, 0.3) is 5.91 Å². The van der Waals surface area contributed by atoms with E-state index in [1.165, 1.54) is 35.6 Å². The average Bonchev–Trinajstić information content (AvgIpc) is 2.89. The summed E-state index contributed by atoms with van der Waals surface area (Å²) in [6.07, 6.45) is 0. The van der Waals surface area contributed by atoms with Crippen molar-refractivity contribution in [2.75, 3.05) is 5.32 Å². The van der Waals surface area contributed by atoms with Gasteiger partial charge in [-0.1, -0.05) is 13.8 Å². The summed E-state index contributed by atoms with van der Waals surface area (Å²) in [5.74, 6) is -1.28. The van der Waals surface area contributed by atoms with E-state index < -0.39 is 17.8 Å². The quantitative estimate of drug-likeness (QED) is 0.882. The van der Waals surface area contributed by atoms with Crippen LogP contribution in [0.5, 0.6) is 0 Å². The Bertz CT molecular complexity index is 698. The SMILES string of the molecule is Cc1csc(NC(=O)C(NC(=O)c2ccc(F)cc2)C(C)C)n1. The van der Waals surface area contributed by atoms with E-state index in [1.807, 2.05) is 26.2 Å². The van der Waals surface area contributed by atoms with Gasteiger partial charge < -0.3 is 10.6 Å². The number of carbonyl (C=O) groups excluding carboxylic acids is 2. The van der Waals surface area contributed by atoms with Crippen molar-refractivity contribution < 1.29 is 14.0 Å². The molecular formula is C16H18FN3O2S. The smallest absolute Gasteiger partial charge is 0.251 e. The molecule has 2 N–H and O–H groups in total. The van der Waals surface area contributed by atoms with Gasteiger partial charge in [0.2, 0.25) is 5.91 Å². The van der Waals surface area contributed by atoms with Gasteiger partial charge in [0.05, 0.1) is 5.69 Å². The van der Waals surface area contributed by atoms with Crippen LogP contribution in [0.3, 0.4) is 0 Å². The van der Waals surface area contributed by atoms with Crippen LogP contribution >= 0.6 is 11.3 Å². The lowest BCUT2D eigenvalue weighted by molar-refractivity contribution is -0.118. The van der Waals surface area contributed by atoms with Gasteiger partial charge in [0.15, 0.2) is 5.13 Å². The van der Waals surface area contributed by atoms with Crippen LogP contribution in [-0.2, 0) is 4.79 Å². The van der Waals surface area contributed by atoms with Gasteiger partial charge in [-0.05, 0) is 37.1 Å². The second kappa shape index (κ2) is 7.32. The molecule has 1 aromatic heterocycles. The summed E-state index contributed by atoms with van der Waals surface area (Å²) in [4.78, 5) is 28.7. The van der Waals surface area contributed by atoms with Crippen LogP contribution in [0.4, 0.5) is 9.52 Å². The number of nitrogens with one attached hydrogen (secondary N) is 2. The highest BCUT2D eigenvalue weighted by Gasteiger charge is 2.25. The third kappa shape index (κ3) is 4.59. The summed E-state index contributed by atoms with van der Waals surface area (Å²) in [6, 6.07) is 4.46. The molecule has 1 aromatic carbocycles. The zero-order chi connectivity index (χ0) is 17.0.